The highest BCUT2D eigenvalue weighted by Crippen LogP contribution is 2.69. The first kappa shape index (κ1) is 23.8. The number of allylic oxidation sites excluding steroid dienone is 4. The van der Waals surface area contributed by atoms with Crippen LogP contribution in [-0.4, -0.2) is 52.5 Å². The van der Waals surface area contributed by atoms with E-state index in [1.54, 1.807) is 12.2 Å². The van der Waals surface area contributed by atoms with Crippen molar-refractivity contribution in [3.05, 3.63) is 23.8 Å². The van der Waals surface area contributed by atoms with Crippen molar-refractivity contribution in [2.24, 2.45) is 28.6 Å². The summed E-state index contributed by atoms with van der Waals surface area (Å²) in [6.07, 6.45) is 8.31. The van der Waals surface area contributed by atoms with Crippen LogP contribution in [0.3, 0.4) is 0 Å². The molecular weight excluding hydrogens is 408 g/mol. The van der Waals surface area contributed by atoms with Gasteiger partial charge in [0.2, 0.25) is 0 Å². The lowest BCUT2D eigenvalue weighted by molar-refractivity contribution is -0.200. The largest absolute Gasteiger partial charge is 0.393 e. The lowest BCUT2D eigenvalue weighted by atomic mass is 9.46. The normalized spacial score (nSPS) is 48.8. The van der Waals surface area contributed by atoms with Crippen LogP contribution >= 0.6 is 0 Å². The third-order valence-electron chi connectivity index (χ3n) is 9.37. The first-order chi connectivity index (χ1) is 14.7. The van der Waals surface area contributed by atoms with Gasteiger partial charge in [0, 0.05) is 16.7 Å². The molecule has 6 heteroatoms. The highest BCUT2D eigenvalue weighted by Gasteiger charge is 2.75. The van der Waals surface area contributed by atoms with Gasteiger partial charge in [-0.1, -0.05) is 46.3 Å². The highest BCUT2D eigenvalue weighted by molar-refractivity contribution is 6.01. The van der Waals surface area contributed by atoms with Gasteiger partial charge in [-0.05, 0) is 56.1 Å². The summed E-state index contributed by atoms with van der Waals surface area (Å²) in [5.41, 5.74) is -1.05. The zero-order chi connectivity index (χ0) is 22.2. The number of hydrogen-bond donors (Lipinski definition) is 2. The van der Waals surface area contributed by atoms with Gasteiger partial charge in [-0.2, -0.15) is 0 Å². The Morgan fingerprint density at radius 2 is 2.06 bits per heavy atom. The molecule has 32 heavy (non-hydrogen) atoms. The molecule has 1 unspecified atom stereocenters. The molecule has 0 spiro atoms. The van der Waals surface area contributed by atoms with Crippen LogP contribution in [0.1, 0.15) is 66.7 Å². The van der Waals surface area contributed by atoms with Gasteiger partial charge in [0.15, 0.2) is 23.5 Å². The minimum atomic E-state index is -1.20. The molecule has 4 aliphatic carbocycles. The second-order valence-corrected chi connectivity index (χ2v) is 10.7. The van der Waals surface area contributed by atoms with Crippen molar-refractivity contribution in [3.8, 4) is 0 Å². The van der Waals surface area contributed by atoms with E-state index in [1.807, 2.05) is 6.08 Å². The fraction of sp³-hybridized carbons (Fsp3) is 0.769. The standard InChI is InChI=1S/C25H34O6.CH4/c1-4-5-21-30-20-11-17-16-7-6-14-10-15(27)8-9-23(14,2)22(16)18(28)12-24(17,3)25(20,31-21)19(29)13-26;/h8-10,16-18,20-22,26,28H,4-7,11-13H2,1-3H3;1H4/t16-,17-,18-,20+,21?,22+,23-,24-,25+;/m0./s1. The molecule has 5 aliphatic rings. The zero-order valence-corrected chi connectivity index (χ0v) is 18.7. The van der Waals surface area contributed by atoms with Crippen molar-refractivity contribution >= 4 is 11.6 Å². The maximum atomic E-state index is 13.2. The van der Waals surface area contributed by atoms with E-state index in [0.717, 1.165) is 24.8 Å². The molecule has 0 aromatic carbocycles. The summed E-state index contributed by atoms with van der Waals surface area (Å²) in [5, 5.41) is 21.4. The molecule has 5 rings (SSSR count). The summed E-state index contributed by atoms with van der Waals surface area (Å²) in [5.74, 6) is 0.0274. The Morgan fingerprint density at radius 1 is 1.31 bits per heavy atom. The van der Waals surface area contributed by atoms with Gasteiger partial charge >= 0.3 is 0 Å². The molecule has 3 saturated carbocycles. The molecule has 1 aliphatic heterocycles. The molecule has 0 bridgehead atoms. The maximum Gasteiger partial charge on any atom is 0.193 e. The number of carbonyl (C=O) groups excluding carboxylic acids is 2. The molecule has 2 N–H and O–H groups in total. The summed E-state index contributed by atoms with van der Waals surface area (Å²) >= 11 is 0. The van der Waals surface area contributed by atoms with Crippen molar-refractivity contribution in [2.45, 2.75) is 90.8 Å². The molecule has 0 aromatic rings. The number of aliphatic hydroxyl groups is 2. The Morgan fingerprint density at radius 3 is 2.75 bits per heavy atom. The summed E-state index contributed by atoms with van der Waals surface area (Å²) in [6, 6.07) is 0. The van der Waals surface area contributed by atoms with Crippen LogP contribution in [0.5, 0.6) is 0 Å². The maximum absolute atomic E-state index is 13.2. The summed E-state index contributed by atoms with van der Waals surface area (Å²) < 4.78 is 12.7. The smallest absolute Gasteiger partial charge is 0.193 e. The monoisotopic (exact) mass is 446 g/mol. The van der Waals surface area contributed by atoms with Crippen LogP contribution in [0.15, 0.2) is 23.8 Å². The number of ether oxygens (including phenoxy) is 2. The van der Waals surface area contributed by atoms with Gasteiger partial charge in [0.1, 0.15) is 6.61 Å². The van der Waals surface area contributed by atoms with Crippen LogP contribution in [-0.2, 0) is 19.1 Å². The first-order valence-corrected chi connectivity index (χ1v) is 11.8. The summed E-state index contributed by atoms with van der Waals surface area (Å²) in [6.45, 7) is 5.67. The van der Waals surface area contributed by atoms with E-state index in [4.69, 9.17) is 9.47 Å². The van der Waals surface area contributed by atoms with Crippen molar-refractivity contribution in [1.82, 2.24) is 0 Å². The fourth-order valence-corrected chi connectivity index (χ4v) is 8.12. The molecule has 0 amide bonds. The second-order valence-electron chi connectivity index (χ2n) is 10.7. The molecule has 6 nitrogen and oxygen atoms in total. The average Bonchev–Trinajstić information content (AvgIpc) is 3.20. The number of Topliss-reactive ketones (excluding diaryl/α,β-unsaturated/α-hetero) is 1. The van der Waals surface area contributed by atoms with E-state index >= 15 is 0 Å². The minimum absolute atomic E-state index is 0. The van der Waals surface area contributed by atoms with Crippen LogP contribution < -0.4 is 0 Å². The number of aliphatic hydroxyl groups excluding tert-OH is 2. The number of fused-ring (bicyclic) bond motifs is 7. The summed E-state index contributed by atoms with van der Waals surface area (Å²) in [7, 11) is 0. The molecule has 0 aromatic heterocycles. The number of rotatable bonds is 4. The molecular formula is C26H38O6. The van der Waals surface area contributed by atoms with Crippen LogP contribution in [0, 0.1) is 28.6 Å². The van der Waals surface area contributed by atoms with Crippen LogP contribution in [0.2, 0.25) is 0 Å². The fourth-order valence-electron chi connectivity index (χ4n) is 8.12. The van der Waals surface area contributed by atoms with Gasteiger partial charge in [0.25, 0.3) is 0 Å². The van der Waals surface area contributed by atoms with Crippen LogP contribution in [0.25, 0.3) is 0 Å². The van der Waals surface area contributed by atoms with Gasteiger partial charge < -0.3 is 19.7 Å². The molecule has 1 saturated heterocycles. The predicted molar refractivity (Wildman–Crippen MR) is 120 cm³/mol. The van der Waals surface area contributed by atoms with E-state index < -0.39 is 36.1 Å². The Bertz CT molecular complexity index is 862. The topological polar surface area (TPSA) is 93.1 Å². The van der Waals surface area contributed by atoms with Gasteiger partial charge in [0.05, 0.1) is 12.2 Å². The van der Waals surface area contributed by atoms with E-state index in [0.29, 0.717) is 19.3 Å². The van der Waals surface area contributed by atoms with E-state index in [1.165, 1.54) is 0 Å². The van der Waals surface area contributed by atoms with Gasteiger partial charge in [-0.3, -0.25) is 9.59 Å². The van der Waals surface area contributed by atoms with E-state index in [-0.39, 0.29) is 42.2 Å². The van der Waals surface area contributed by atoms with Crippen molar-refractivity contribution in [3.63, 3.8) is 0 Å². The lowest BCUT2D eigenvalue weighted by Crippen LogP contribution is -2.63. The highest BCUT2D eigenvalue weighted by atomic mass is 16.7. The van der Waals surface area contributed by atoms with Gasteiger partial charge in [-0.25, -0.2) is 0 Å². The average molecular weight is 447 g/mol. The Balaban J connectivity index is 0.00000245. The van der Waals surface area contributed by atoms with Crippen molar-refractivity contribution in [2.75, 3.05) is 6.61 Å². The van der Waals surface area contributed by atoms with Gasteiger partial charge in [-0.15, -0.1) is 0 Å². The quantitative estimate of drug-likeness (QED) is 0.688. The number of carbonyl (C=O) groups is 2. The van der Waals surface area contributed by atoms with E-state index in [2.05, 4.69) is 20.8 Å². The predicted octanol–water partition coefficient (Wildman–Crippen LogP) is 3.35. The van der Waals surface area contributed by atoms with Crippen LogP contribution in [0.4, 0.5) is 0 Å². The Hall–Kier alpha value is -1.34. The molecule has 9 atom stereocenters. The zero-order valence-electron chi connectivity index (χ0n) is 18.7. The molecule has 1 heterocycles. The van der Waals surface area contributed by atoms with Crippen molar-refractivity contribution < 1.29 is 29.3 Å². The molecule has 0 radical (unpaired) electrons. The second kappa shape index (κ2) is 7.86. The third-order valence-corrected chi connectivity index (χ3v) is 9.37. The third kappa shape index (κ3) is 2.85. The SMILES string of the molecule is C.CCCC1O[C@@H]2C[C@H]3[C@@H]4CCC5=CC(=O)C=C[C@]5(C)[C@H]4[C@@H](O)C[C@]3(C)[C@]2(C(=O)CO)O1. The summed E-state index contributed by atoms with van der Waals surface area (Å²) in [4.78, 5) is 25.2. The molecule has 178 valence electrons. The number of ketones is 2. The number of hydrogen-bond acceptors (Lipinski definition) is 6. The lowest BCUT2D eigenvalue weighted by Gasteiger charge is -2.59. The minimum Gasteiger partial charge on any atom is -0.393 e. The molecule has 4 fully saturated rings. The van der Waals surface area contributed by atoms with E-state index in [9.17, 15) is 19.8 Å². The first-order valence-electron chi connectivity index (χ1n) is 11.8. The van der Waals surface area contributed by atoms with Crippen molar-refractivity contribution in [1.29, 1.82) is 0 Å². The Labute approximate surface area is 191 Å². The Kier molecular flexibility index (Phi) is 5.85.